The molecule has 160 valence electrons. The van der Waals surface area contributed by atoms with Gasteiger partial charge < -0.3 is 15.1 Å². The van der Waals surface area contributed by atoms with Crippen molar-refractivity contribution in [3.63, 3.8) is 0 Å². The molecule has 0 radical (unpaired) electrons. The highest BCUT2D eigenvalue weighted by Crippen LogP contribution is 2.24. The van der Waals surface area contributed by atoms with E-state index in [1.807, 2.05) is 13.0 Å². The monoisotopic (exact) mass is 407 g/mol. The van der Waals surface area contributed by atoms with Crippen LogP contribution >= 0.6 is 0 Å². The van der Waals surface area contributed by atoms with E-state index in [9.17, 15) is 4.79 Å². The summed E-state index contributed by atoms with van der Waals surface area (Å²) in [7, 11) is 0. The van der Waals surface area contributed by atoms with Gasteiger partial charge in [0.05, 0.1) is 5.92 Å². The van der Waals surface area contributed by atoms with Crippen molar-refractivity contribution in [2.45, 2.75) is 46.1 Å². The van der Waals surface area contributed by atoms with Crippen LogP contribution in [0, 0.1) is 18.8 Å². The van der Waals surface area contributed by atoms with E-state index in [-0.39, 0.29) is 11.8 Å². The van der Waals surface area contributed by atoms with Gasteiger partial charge >= 0.3 is 0 Å². The average Bonchev–Trinajstić information content (AvgIpc) is 2.78. The predicted octanol–water partition coefficient (Wildman–Crippen LogP) is 3.55. The fraction of sp³-hybridized carbons (Fsp3) is 0.542. The Balaban J connectivity index is 1.29. The quantitative estimate of drug-likeness (QED) is 0.821. The molecule has 2 aromatic rings. The minimum Gasteiger partial charge on any atom is -0.372 e. The molecule has 1 atom stereocenters. The summed E-state index contributed by atoms with van der Waals surface area (Å²) in [6.07, 6.45) is 6.22. The number of aromatic nitrogens is 2. The van der Waals surface area contributed by atoms with E-state index in [0.29, 0.717) is 13.1 Å². The second-order valence-corrected chi connectivity index (χ2v) is 8.84. The Morgan fingerprint density at radius 3 is 2.57 bits per heavy atom. The van der Waals surface area contributed by atoms with E-state index >= 15 is 0 Å². The molecule has 1 aromatic heterocycles. The average molecular weight is 408 g/mol. The van der Waals surface area contributed by atoms with Gasteiger partial charge in [-0.05, 0) is 62.3 Å². The molecule has 1 N–H and O–H groups in total. The van der Waals surface area contributed by atoms with Gasteiger partial charge in [0.25, 0.3) is 0 Å². The minimum atomic E-state index is -0.0162. The lowest BCUT2D eigenvalue weighted by Gasteiger charge is -2.32. The number of nitrogens with zero attached hydrogens (tertiary/aromatic N) is 4. The summed E-state index contributed by atoms with van der Waals surface area (Å²) in [6, 6.07) is 10.6. The number of benzene rings is 1. The normalized spacial score (nSPS) is 20.3. The Labute approximate surface area is 179 Å². The number of hydrogen-bond donors (Lipinski definition) is 1. The number of carbonyl (C=O) groups excluding carboxylic acids is 1. The summed E-state index contributed by atoms with van der Waals surface area (Å²) in [6.45, 7) is 8.75. The Hall–Kier alpha value is -2.63. The van der Waals surface area contributed by atoms with Gasteiger partial charge in [-0.1, -0.05) is 19.1 Å². The van der Waals surface area contributed by atoms with Crippen LogP contribution in [0.3, 0.4) is 0 Å². The Morgan fingerprint density at radius 2 is 1.83 bits per heavy atom. The van der Waals surface area contributed by atoms with E-state index < -0.39 is 0 Å². The first kappa shape index (κ1) is 20.6. The molecule has 1 unspecified atom stereocenters. The van der Waals surface area contributed by atoms with Gasteiger partial charge in [-0.3, -0.25) is 4.79 Å². The maximum absolute atomic E-state index is 12.8. The van der Waals surface area contributed by atoms with Gasteiger partial charge in [0, 0.05) is 50.3 Å². The van der Waals surface area contributed by atoms with Crippen molar-refractivity contribution in [3.8, 4) is 0 Å². The number of hydrogen-bond acceptors (Lipinski definition) is 5. The third-order valence-corrected chi connectivity index (χ3v) is 6.41. The summed E-state index contributed by atoms with van der Waals surface area (Å²) in [5.74, 6) is 1.68. The first-order chi connectivity index (χ1) is 14.6. The summed E-state index contributed by atoms with van der Waals surface area (Å²) in [5.41, 5.74) is 3.39. The van der Waals surface area contributed by atoms with Crippen molar-refractivity contribution in [2.75, 3.05) is 36.0 Å². The van der Waals surface area contributed by atoms with Gasteiger partial charge in [0.15, 0.2) is 0 Å². The Bertz CT molecular complexity index is 845. The molecule has 2 aliphatic rings. The summed E-state index contributed by atoms with van der Waals surface area (Å²) in [5, 5.41) is 3.14. The van der Waals surface area contributed by atoms with Crippen LogP contribution in [0.15, 0.2) is 36.5 Å². The maximum Gasteiger partial charge on any atom is 0.225 e. The molecule has 2 fully saturated rings. The third kappa shape index (κ3) is 5.10. The topological polar surface area (TPSA) is 61.4 Å². The molecule has 6 nitrogen and oxygen atoms in total. The first-order valence-corrected chi connectivity index (χ1v) is 11.2. The smallest absolute Gasteiger partial charge is 0.225 e. The van der Waals surface area contributed by atoms with Crippen LogP contribution < -0.4 is 15.1 Å². The van der Waals surface area contributed by atoms with Crippen LogP contribution in [0.25, 0.3) is 0 Å². The molecule has 1 amide bonds. The van der Waals surface area contributed by atoms with Crippen LogP contribution in [-0.4, -0.2) is 42.1 Å². The molecule has 0 aliphatic carbocycles. The van der Waals surface area contributed by atoms with Crippen LogP contribution in [0.1, 0.15) is 43.9 Å². The number of piperidine rings is 2. The SMILES string of the molecule is Cc1ccnc(N2CCCC(C(=O)NCc3ccc(N4CCC(C)CC4)cc3)C2)n1. The third-order valence-electron chi connectivity index (χ3n) is 6.41. The molecule has 2 aliphatic heterocycles. The van der Waals surface area contributed by atoms with E-state index in [0.717, 1.165) is 55.6 Å². The zero-order valence-electron chi connectivity index (χ0n) is 18.2. The molecular formula is C24H33N5O. The molecule has 0 saturated carbocycles. The number of amides is 1. The molecule has 3 heterocycles. The van der Waals surface area contributed by atoms with Crippen molar-refractivity contribution in [1.82, 2.24) is 15.3 Å². The van der Waals surface area contributed by atoms with Gasteiger partial charge in [-0.2, -0.15) is 0 Å². The fourth-order valence-electron chi connectivity index (χ4n) is 4.39. The van der Waals surface area contributed by atoms with Crippen molar-refractivity contribution < 1.29 is 4.79 Å². The number of rotatable bonds is 5. The minimum absolute atomic E-state index is 0.0162. The predicted molar refractivity (Wildman–Crippen MR) is 121 cm³/mol. The second kappa shape index (κ2) is 9.45. The van der Waals surface area contributed by atoms with Crippen molar-refractivity contribution >= 4 is 17.5 Å². The van der Waals surface area contributed by atoms with Crippen LogP contribution in [0.4, 0.5) is 11.6 Å². The largest absolute Gasteiger partial charge is 0.372 e. The lowest BCUT2D eigenvalue weighted by atomic mass is 9.97. The number of carbonyl (C=O) groups is 1. The molecule has 0 bridgehead atoms. The van der Waals surface area contributed by atoms with E-state index in [1.165, 1.54) is 18.5 Å². The number of nitrogens with one attached hydrogen (secondary N) is 1. The van der Waals surface area contributed by atoms with Crippen molar-refractivity contribution in [3.05, 3.63) is 47.8 Å². The molecule has 0 spiro atoms. The zero-order chi connectivity index (χ0) is 20.9. The summed E-state index contributed by atoms with van der Waals surface area (Å²) < 4.78 is 0. The highest BCUT2D eigenvalue weighted by Gasteiger charge is 2.27. The molecule has 6 heteroatoms. The molecule has 4 rings (SSSR count). The van der Waals surface area contributed by atoms with Gasteiger partial charge in [-0.25, -0.2) is 9.97 Å². The van der Waals surface area contributed by atoms with Crippen molar-refractivity contribution in [2.24, 2.45) is 11.8 Å². The van der Waals surface area contributed by atoms with Crippen LogP contribution in [0.5, 0.6) is 0 Å². The highest BCUT2D eigenvalue weighted by atomic mass is 16.1. The summed E-state index contributed by atoms with van der Waals surface area (Å²) >= 11 is 0. The van der Waals surface area contributed by atoms with Gasteiger partial charge in [-0.15, -0.1) is 0 Å². The molecule has 30 heavy (non-hydrogen) atoms. The van der Waals surface area contributed by atoms with Crippen molar-refractivity contribution in [1.29, 1.82) is 0 Å². The highest BCUT2D eigenvalue weighted by molar-refractivity contribution is 5.79. The Morgan fingerprint density at radius 1 is 1.07 bits per heavy atom. The first-order valence-electron chi connectivity index (χ1n) is 11.2. The van der Waals surface area contributed by atoms with E-state index in [4.69, 9.17) is 0 Å². The lowest BCUT2D eigenvalue weighted by molar-refractivity contribution is -0.125. The van der Waals surface area contributed by atoms with Crippen LogP contribution in [-0.2, 0) is 11.3 Å². The van der Waals surface area contributed by atoms with E-state index in [1.54, 1.807) is 6.20 Å². The van der Waals surface area contributed by atoms with E-state index in [2.05, 4.69) is 56.3 Å². The molecule has 2 saturated heterocycles. The number of anilines is 2. The summed E-state index contributed by atoms with van der Waals surface area (Å²) in [4.78, 5) is 26.3. The Kier molecular flexibility index (Phi) is 6.50. The van der Waals surface area contributed by atoms with Gasteiger partial charge in [0.2, 0.25) is 11.9 Å². The maximum atomic E-state index is 12.8. The standard InChI is InChI=1S/C24H33N5O/c1-18-10-14-28(15-11-18)22-7-5-20(6-8-22)16-26-23(30)21-4-3-13-29(17-21)24-25-12-9-19(2)27-24/h5-9,12,18,21H,3-4,10-11,13-17H2,1-2H3,(H,26,30). The molecule has 1 aromatic carbocycles. The van der Waals surface area contributed by atoms with Gasteiger partial charge in [0.1, 0.15) is 0 Å². The second-order valence-electron chi connectivity index (χ2n) is 8.84. The number of aryl methyl sites for hydroxylation is 1. The zero-order valence-corrected chi connectivity index (χ0v) is 18.2. The fourth-order valence-corrected chi connectivity index (χ4v) is 4.39. The molecular weight excluding hydrogens is 374 g/mol. The lowest BCUT2D eigenvalue weighted by Crippen LogP contribution is -2.43. The van der Waals surface area contributed by atoms with Crippen LogP contribution in [0.2, 0.25) is 0 Å².